The maximum Gasteiger partial charge on any atom is 0.410 e. The highest BCUT2D eigenvalue weighted by Crippen LogP contribution is 2.52. The molecule has 9 nitrogen and oxygen atoms in total. The molecule has 2 amide bonds. The zero-order valence-electron chi connectivity index (χ0n) is 25.6. The quantitative estimate of drug-likeness (QED) is 0.408. The standard InChI is InChI=1S/C32H42FN3O6S/c1-22-12-14-26(15-13-22)43(39,40)36-27(24-8-6-9-25(33)20-24)10-7-11-28(36)32(16-17-32)42-30(38)35-19-18-34(21-23(35)2)29(37)41-31(3,4)5/h6,8-9,12-15,20,23,27-28H,7,10-11,16-19,21H2,1-5H3. The predicted octanol–water partition coefficient (Wildman–Crippen LogP) is 6.03. The van der Waals surface area contributed by atoms with E-state index < -0.39 is 51.3 Å². The van der Waals surface area contributed by atoms with Crippen LogP contribution in [0.4, 0.5) is 14.0 Å². The fourth-order valence-electron chi connectivity index (χ4n) is 6.25. The van der Waals surface area contributed by atoms with Crippen molar-refractivity contribution >= 4 is 22.2 Å². The summed E-state index contributed by atoms with van der Waals surface area (Å²) in [5.41, 5.74) is -0.0927. The van der Waals surface area contributed by atoms with Crippen LogP contribution < -0.4 is 0 Å². The zero-order valence-corrected chi connectivity index (χ0v) is 26.4. The van der Waals surface area contributed by atoms with Crippen LogP contribution in [0.3, 0.4) is 0 Å². The Balaban J connectivity index is 1.40. The third kappa shape index (κ3) is 6.67. The van der Waals surface area contributed by atoms with Crippen molar-refractivity contribution in [2.24, 2.45) is 0 Å². The van der Waals surface area contributed by atoms with E-state index in [4.69, 9.17) is 9.47 Å². The second kappa shape index (κ2) is 11.7. The van der Waals surface area contributed by atoms with Crippen LogP contribution in [0.1, 0.15) is 77.0 Å². The Hall–Kier alpha value is -3.18. The molecule has 1 saturated carbocycles. The lowest BCUT2D eigenvalue weighted by Crippen LogP contribution is -2.58. The molecule has 43 heavy (non-hydrogen) atoms. The van der Waals surface area contributed by atoms with Crippen LogP contribution in [-0.4, -0.2) is 77.6 Å². The van der Waals surface area contributed by atoms with Gasteiger partial charge in [-0.15, -0.1) is 0 Å². The van der Waals surface area contributed by atoms with Crippen molar-refractivity contribution in [2.75, 3.05) is 19.6 Å². The Kier molecular flexibility index (Phi) is 8.52. The summed E-state index contributed by atoms with van der Waals surface area (Å²) in [6, 6.07) is 11.3. The van der Waals surface area contributed by atoms with Crippen molar-refractivity contribution in [2.45, 2.75) is 101 Å². The topological polar surface area (TPSA) is 96.5 Å². The highest BCUT2D eigenvalue weighted by Gasteiger charge is 2.60. The molecule has 3 aliphatic rings. The first kappa shape index (κ1) is 31.3. The molecule has 3 atom stereocenters. The molecule has 0 aromatic heterocycles. The second-order valence-corrected chi connectivity index (χ2v) is 14.9. The number of sulfonamides is 1. The summed E-state index contributed by atoms with van der Waals surface area (Å²) < 4.78 is 56.2. The number of piperazine rings is 1. The molecule has 0 bridgehead atoms. The molecule has 0 radical (unpaired) electrons. The number of carbonyl (C=O) groups excluding carboxylic acids is 2. The molecule has 234 valence electrons. The minimum atomic E-state index is -4.04. The number of aryl methyl sites for hydroxylation is 1. The van der Waals surface area contributed by atoms with Crippen molar-refractivity contribution < 1.29 is 31.9 Å². The molecule has 2 heterocycles. The van der Waals surface area contributed by atoms with E-state index in [-0.39, 0.29) is 17.5 Å². The monoisotopic (exact) mass is 615 g/mol. The second-order valence-electron chi connectivity index (χ2n) is 13.1. The maximum atomic E-state index is 14.4. The first-order valence-electron chi connectivity index (χ1n) is 15.0. The normalized spacial score (nSPS) is 24.4. The molecule has 3 unspecified atom stereocenters. The van der Waals surface area contributed by atoms with E-state index in [1.54, 1.807) is 46.2 Å². The van der Waals surface area contributed by atoms with Crippen molar-refractivity contribution in [3.8, 4) is 0 Å². The number of hydrogen-bond acceptors (Lipinski definition) is 6. The van der Waals surface area contributed by atoms with Gasteiger partial charge >= 0.3 is 12.2 Å². The molecule has 2 aromatic rings. The van der Waals surface area contributed by atoms with Gasteiger partial charge in [0.15, 0.2) is 0 Å². The highest BCUT2D eigenvalue weighted by atomic mass is 32.2. The largest absolute Gasteiger partial charge is 0.444 e. The zero-order chi connectivity index (χ0) is 31.2. The minimum absolute atomic E-state index is 0.153. The Morgan fingerprint density at radius 2 is 1.70 bits per heavy atom. The van der Waals surface area contributed by atoms with E-state index in [1.165, 1.54) is 16.4 Å². The van der Waals surface area contributed by atoms with Crippen LogP contribution in [0, 0.1) is 12.7 Å². The first-order chi connectivity index (χ1) is 20.2. The van der Waals surface area contributed by atoms with E-state index in [0.29, 0.717) is 50.8 Å². The lowest BCUT2D eigenvalue weighted by atomic mass is 9.90. The van der Waals surface area contributed by atoms with E-state index in [2.05, 4.69) is 0 Å². The SMILES string of the molecule is Cc1ccc(S(=O)(=O)N2C(c3cccc(F)c3)CCCC2C2(OC(=O)N3CCN(C(=O)OC(C)(C)C)CC3C)CC2)cc1. The molecule has 1 aliphatic carbocycles. The molecule has 2 aliphatic heterocycles. The van der Waals surface area contributed by atoms with E-state index in [9.17, 15) is 22.4 Å². The van der Waals surface area contributed by atoms with Crippen LogP contribution in [0.2, 0.25) is 0 Å². The molecule has 2 saturated heterocycles. The number of ether oxygens (including phenoxy) is 2. The number of hydrogen-bond donors (Lipinski definition) is 0. The summed E-state index contributed by atoms with van der Waals surface area (Å²) in [6.45, 7) is 10.1. The third-order valence-electron chi connectivity index (χ3n) is 8.55. The summed E-state index contributed by atoms with van der Waals surface area (Å²) in [5.74, 6) is -0.431. The fraction of sp³-hybridized carbons (Fsp3) is 0.562. The van der Waals surface area contributed by atoms with E-state index in [1.807, 2.05) is 34.6 Å². The summed E-state index contributed by atoms with van der Waals surface area (Å²) >= 11 is 0. The Morgan fingerprint density at radius 3 is 2.30 bits per heavy atom. The predicted molar refractivity (Wildman–Crippen MR) is 159 cm³/mol. The molecule has 0 spiro atoms. The number of amides is 2. The number of piperidine rings is 1. The molecule has 5 rings (SSSR count). The number of rotatable bonds is 5. The first-order valence-corrected chi connectivity index (χ1v) is 16.5. The Bertz CT molecular complexity index is 1450. The van der Waals surface area contributed by atoms with Crippen LogP contribution in [0.5, 0.6) is 0 Å². The summed E-state index contributed by atoms with van der Waals surface area (Å²) in [4.78, 5) is 29.6. The van der Waals surface area contributed by atoms with Gasteiger partial charge < -0.3 is 19.3 Å². The van der Waals surface area contributed by atoms with Gasteiger partial charge in [-0.25, -0.2) is 22.4 Å². The van der Waals surface area contributed by atoms with Crippen LogP contribution in [-0.2, 0) is 19.5 Å². The Morgan fingerprint density at radius 1 is 1.00 bits per heavy atom. The summed E-state index contributed by atoms with van der Waals surface area (Å²) in [7, 11) is -4.04. The van der Waals surface area contributed by atoms with Crippen LogP contribution in [0.25, 0.3) is 0 Å². The number of carbonyl (C=O) groups is 2. The van der Waals surface area contributed by atoms with E-state index >= 15 is 0 Å². The van der Waals surface area contributed by atoms with Gasteiger partial charge in [0.1, 0.15) is 17.0 Å². The fourth-order valence-corrected chi connectivity index (χ4v) is 8.16. The molecule has 2 aromatic carbocycles. The lowest BCUT2D eigenvalue weighted by Gasteiger charge is -2.45. The third-order valence-corrected chi connectivity index (χ3v) is 10.5. The van der Waals surface area contributed by atoms with Gasteiger partial charge in [0.05, 0.1) is 23.0 Å². The summed E-state index contributed by atoms with van der Waals surface area (Å²) in [5, 5.41) is 0. The average molecular weight is 616 g/mol. The molecular weight excluding hydrogens is 573 g/mol. The van der Waals surface area contributed by atoms with Crippen molar-refractivity contribution in [1.29, 1.82) is 0 Å². The molecule has 3 fully saturated rings. The average Bonchev–Trinajstić information content (AvgIpc) is 3.72. The number of nitrogens with zero attached hydrogens (tertiary/aromatic N) is 3. The van der Waals surface area contributed by atoms with Gasteiger partial charge in [0.25, 0.3) is 0 Å². The Labute approximate surface area is 254 Å². The van der Waals surface area contributed by atoms with Crippen molar-refractivity contribution in [3.05, 3.63) is 65.5 Å². The van der Waals surface area contributed by atoms with Crippen molar-refractivity contribution in [3.63, 3.8) is 0 Å². The smallest absolute Gasteiger partial charge is 0.410 e. The van der Waals surface area contributed by atoms with Gasteiger partial charge in [0.2, 0.25) is 10.0 Å². The van der Waals surface area contributed by atoms with Gasteiger partial charge in [-0.05, 0) is 96.6 Å². The summed E-state index contributed by atoms with van der Waals surface area (Å²) in [6.07, 6.45) is 1.88. The van der Waals surface area contributed by atoms with Gasteiger partial charge in [-0.2, -0.15) is 4.31 Å². The lowest BCUT2D eigenvalue weighted by molar-refractivity contribution is -0.0266. The highest BCUT2D eigenvalue weighted by molar-refractivity contribution is 7.89. The van der Waals surface area contributed by atoms with Gasteiger partial charge in [-0.3, -0.25) is 0 Å². The minimum Gasteiger partial charge on any atom is -0.444 e. The maximum absolute atomic E-state index is 14.4. The molecular formula is C32H42FN3O6S. The van der Waals surface area contributed by atoms with Gasteiger partial charge in [-0.1, -0.05) is 29.8 Å². The molecule has 11 heteroatoms. The van der Waals surface area contributed by atoms with Crippen LogP contribution >= 0.6 is 0 Å². The number of halogens is 1. The number of benzene rings is 2. The van der Waals surface area contributed by atoms with Gasteiger partial charge in [0, 0.05) is 19.6 Å². The molecule has 0 N–H and O–H groups in total. The van der Waals surface area contributed by atoms with Crippen LogP contribution in [0.15, 0.2) is 53.4 Å². The van der Waals surface area contributed by atoms with Crippen molar-refractivity contribution in [1.82, 2.24) is 14.1 Å². The van der Waals surface area contributed by atoms with E-state index in [0.717, 1.165) is 5.56 Å².